The van der Waals surface area contributed by atoms with Crippen molar-refractivity contribution in [2.45, 2.75) is 56.4 Å². The Balaban J connectivity index is 1.66. The zero-order chi connectivity index (χ0) is 14.0. The normalized spacial score (nSPS) is 33.8. The molecule has 2 aliphatic rings. The lowest BCUT2D eigenvalue weighted by atomic mass is 9.75. The molecular weight excluding hydrogens is 256 g/mol. The standard InChI is InChI=1S/C17H23F2N/c18-17(19)9-4-7-15(12-17)16-11-14(8-10-20-16)13-5-2-1-3-6-13/h1-3,5-6,14-16,20H,4,7-12H2/t14?,15?,16-/m0/s1. The molecule has 2 unspecified atom stereocenters. The minimum atomic E-state index is -2.44. The maximum atomic E-state index is 13.6. The van der Waals surface area contributed by atoms with Crippen LogP contribution in [0.25, 0.3) is 0 Å². The third-order valence-electron chi connectivity index (χ3n) is 4.96. The number of hydrogen-bond donors (Lipinski definition) is 1. The molecule has 20 heavy (non-hydrogen) atoms. The van der Waals surface area contributed by atoms with Gasteiger partial charge in [0.2, 0.25) is 5.92 Å². The van der Waals surface area contributed by atoms with Gasteiger partial charge in [-0.15, -0.1) is 0 Å². The topological polar surface area (TPSA) is 12.0 Å². The predicted octanol–water partition coefficient (Wildman–Crippen LogP) is 4.35. The van der Waals surface area contributed by atoms with E-state index in [0.29, 0.717) is 12.3 Å². The number of nitrogens with one attached hydrogen (secondary N) is 1. The molecule has 1 aliphatic carbocycles. The van der Waals surface area contributed by atoms with Crippen LogP contribution in [-0.2, 0) is 0 Å². The van der Waals surface area contributed by atoms with Gasteiger partial charge in [-0.3, -0.25) is 0 Å². The molecule has 1 N–H and O–H groups in total. The lowest BCUT2D eigenvalue weighted by Crippen LogP contribution is -2.45. The van der Waals surface area contributed by atoms with Crippen LogP contribution in [0.3, 0.4) is 0 Å². The second-order valence-corrected chi connectivity index (χ2v) is 6.40. The van der Waals surface area contributed by atoms with E-state index in [4.69, 9.17) is 0 Å². The zero-order valence-corrected chi connectivity index (χ0v) is 11.8. The van der Waals surface area contributed by atoms with Crippen molar-refractivity contribution in [2.75, 3.05) is 6.54 Å². The summed E-state index contributed by atoms with van der Waals surface area (Å²) in [6.07, 6.45) is 3.90. The van der Waals surface area contributed by atoms with Crippen LogP contribution < -0.4 is 5.32 Å². The number of rotatable bonds is 2. The summed E-state index contributed by atoms with van der Waals surface area (Å²) in [5.74, 6) is -1.77. The average Bonchev–Trinajstić information content (AvgIpc) is 2.47. The van der Waals surface area contributed by atoms with E-state index >= 15 is 0 Å². The van der Waals surface area contributed by atoms with Crippen LogP contribution in [0.5, 0.6) is 0 Å². The fourth-order valence-corrected chi connectivity index (χ4v) is 3.89. The van der Waals surface area contributed by atoms with Crippen molar-refractivity contribution in [2.24, 2.45) is 5.92 Å². The van der Waals surface area contributed by atoms with E-state index in [0.717, 1.165) is 25.8 Å². The Hall–Kier alpha value is -0.960. The molecule has 1 aromatic carbocycles. The fourth-order valence-electron chi connectivity index (χ4n) is 3.89. The van der Waals surface area contributed by atoms with Crippen molar-refractivity contribution in [1.82, 2.24) is 5.32 Å². The van der Waals surface area contributed by atoms with Crippen LogP contribution in [0.15, 0.2) is 30.3 Å². The molecule has 3 atom stereocenters. The molecule has 1 aromatic rings. The van der Waals surface area contributed by atoms with Crippen LogP contribution in [0.2, 0.25) is 0 Å². The summed E-state index contributed by atoms with van der Waals surface area (Å²) >= 11 is 0. The molecule has 0 spiro atoms. The number of benzene rings is 1. The SMILES string of the molecule is FC1(F)CCCC([C@@H]2CC(c3ccccc3)CCN2)C1. The first-order chi connectivity index (χ1) is 9.64. The molecule has 3 rings (SSSR count). The summed E-state index contributed by atoms with van der Waals surface area (Å²) in [5, 5.41) is 3.49. The highest BCUT2D eigenvalue weighted by Gasteiger charge is 2.40. The van der Waals surface area contributed by atoms with Gasteiger partial charge in [0.25, 0.3) is 0 Å². The van der Waals surface area contributed by atoms with Gasteiger partial charge in [0.05, 0.1) is 0 Å². The molecule has 0 radical (unpaired) electrons. The maximum Gasteiger partial charge on any atom is 0.248 e. The van der Waals surface area contributed by atoms with Crippen LogP contribution >= 0.6 is 0 Å². The monoisotopic (exact) mass is 279 g/mol. The van der Waals surface area contributed by atoms with E-state index in [2.05, 4.69) is 29.6 Å². The third-order valence-corrected chi connectivity index (χ3v) is 4.96. The number of alkyl halides is 2. The average molecular weight is 279 g/mol. The van der Waals surface area contributed by atoms with Crippen molar-refractivity contribution in [3.63, 3.8) is 0 Å². The fraction of sp³-hybridized carbons (Fsp3) is 0.647. The highest BCUT2D eigenvalue weighted by atomic mass is 19.3. The molecule has 0 bridgehead atoms. The van der Waals surface area contributed by atoms with Crippen LogP contribution in [0.4, 0.5) is 8.78 Å². The quantitative estimate of drug-likeness (QED) is 0.848. The van der Waals surface area contributed by atoms with Crippen molar-refractivity contribution in [1.29, 1.82) is 0 Å². The Labute approximate surface area is 119 Å². The van der Waals surface area contributed by atoms with Crippen LogP contribution in [-0.4, -0.2) is 18.5 Å². The van der Waals surface area contributed by atoms with Gasteiger partial charge in [-0.05, 0) is 49.6 Å². The highest BCUT2D eigenvalue weighted by Crippen LogP contribution is 2.41. The second kappa shape index (κ2) is 5.80. The molecule has 3 heteroatoms. The van der Waals surface area contributed by atoms with Gasteiger partial charge in [0, 0.05) is 18.9 Å². The van der Waals surface area contributed by atoms with Crippen LogP contribution in [0, 0.1) is 5.92 Å². The third kappa shape index (κ3) is 3.20. The Morgan fingerprint density at radius 2 is 1.90 bits per heavy atom. The zero-order valence-electron chi connectivity index (χ0n) is 11.8. The first kappa shape index (κ1) is 14.0. The maximum absolute atomic E-state index is 13.6. The van der Waals surface area contributed by atoms with E-state index in [1.165, 1.54) is 5.56 Å². The predicted molar refractivity (Wildman–Crippen MR) is 77.1 cm³/mol. The molecule has 0 aromatic heterocycles. The van der Waals surface area contributed by atoms with Crippen molar-refractivity contribution in [3.05, 3.63) is 35.9 Å². The molecular formula is C17H23F2N. The molecule has 0 amide bonds. The first-order valence-electron chi connectivity index (χ1n) is 7.80. The van der Waals surface area contributed by atoms with E-state index in [9.17, 15) is 8.78 Å². The molecule has 1 heterocycles. The Morgan fingerprint density at radius 1 is 1.10 bits per heavy atom. The summed E-state index contributed by atoms with van der Waals surface area (Å²) in [5.41, 5.74) is 1.36. The van der Waals surface area contributed by atoms with Crippen molar-refractivity contribution >= 4 is 0 Å². The number of hydrogen-bond acceptors (Lipinski definition) is 1. The highest BCUT2D eigenvalue weighted by molar-refractivity contribution is 5.20. The van der Waals surface area contributed by atoms with Gasteiger partial charge in [-0.1, -0.05) is 30.3 Å². The summed E-state index contributed by atoms with van der Waals surface area (Å²) in [4.78, 5) is 0. The Kier molecular flexibility index (Phi) is 4.06. The summed E-state index contributed by atoms with van der Waals surface area (Å²) in [6.45, 7) is 0.951. The Morgan fingerprint density at radius 3 is 2.65 bits per heavy atom. The van der Waals surface area contributed by atoms with Gasteiger partial charge < -0.3 is 5.32 Å². The van der Waals surface area contributed by atoms with E-state index in [1.54, 1.807) is 0 Å². The second-order valence-electron chi connectivity index (χ2n) is 6.40. The van der Waals surface area contributed by atoms with Gasteiger partial charge in [0.1, 0.15) is 0 Å². The van der Waals surface area contributed by atoms with Gasteiger partial charge in [0.15, 0.2) is 0 Å². The van der Waals surface area contributed by atoms with E-state index in [1.807, 2.05) is 6.07 Å². The molecule has 2 fully saturated rings. The van der Waals surface area contributed by atoms with Gasteiger partial charge in [-0.25, -0.2) is 8.78 Å². The van der Waals surface area contributed by atoms with Crippen molar-refractivity contribution in [3.8, 4) is 0 Å². The number of halogens is 2. The lowest BCUT2D eigenvalue weighted by molar-refractivity contribution is -0.0598. The molecule has 1 nitrogen and oxygen atoms in total. The summed E-state index contributed by atoms with van der Waals surface area (Å²) in [6, 6.07) is 10.8. The largest absolute Gasteiger partial charge is 0.314 e. The summed E-state index contributed by atoms with van der Waals surface area (Å²) in [7, 11) is 0. The lowest BCUT2D eigenvalue weighted by Gasteiger charge is -2.39. The van der Waals surface area contributed by atoms with Gasteiger partial charge in [-0.2, -0.15) is 0 Å². The van der Waals surface area contributed by atoms with E-state index in [-0.39, 0.29) is 24.8 Å². The van der Waals surface area contributed by atoms with Gasteiger partial charge >= 0.3 is 0 Å². The molecule has 1 saturated carbocycles. The first-order valence-corrected chi connectivity index (χ1v) is 7.80. The van der Waals surface area contributed by atoms with E-state index < -0.39 is 5.92 Å². The minimum absolute atomic E-state index is 0.0756. The Bertz CT molecular complexity index is 432. The smallest absolute Gasteiger partial charge is 0.248 e. The molecule has 110 valence electrons. The number of piperidine rings is 1. The van der Waals surface area contributed by atoms with Crippen LogP contribution in [0.1, 0.15) is 50.0 Å². The molecule has 1 aliphatic heterocycles. The molecule has 1 saturated heterocycles. The summed E-state index contributed by atoms with van der Waals surface area (Å²) < 4.78 is 27.2. The van der Waals surface area contributed by atoms with Crippen molar-refractivity contribution < 1.29 is 8.78 Å². The minimum Gasteiger partial charge on any atom is -0.314 e.